The maximum Gasteiger partial charge on any atom is 0.109 e. The standard InChI is InChI=1S/C10H13BrN2/c11-10-9(5-8(12)6-13-10)7-3-1-2-4-7/h5-7H,1-4,12H2. The Morgan fingerprint density at radius 2 is 2.08 bits per heavy atom. The number of aromatic nitrogens is 1. The van der Waals surface area contributed by atoms with E-state index >= 15 is 0 Å². The fourth-order valence-corrected chi connectivity index (χ4v) is 2.55. The highest BCUT2D eigenvalue weighted by molar-refractivity contribution is 9.10. The molecule has 70 valence electrons. The zero-order chi connectivity index (χ0) is 9.26. The zero-order valence-corrected chi connectivity index (χ0v) is 9.05. The van der Waals surface area contributed by atoms with Crippen LogP contribution in [0.2, 0.25) is 0 Å². The summed E-state index contributed by atoms with van der Waals surface area (Å²) in [4.78, 5) is 4.21. The Bertz CT molecular complexity index is 306. The smallest absolute Gasteiger partial charge is 0.109 e. The van der Waals surface area contributed by atoms with Crippen molar-refractivity contribution in [2.75, 3.05) is 5.73 Å². The first-order valence-corrected chi connectivity index (χ1v) is 5.47. The van der Waals surface area contributed by atoms with Gasteiger partial charge in [-0.25, -0.2) is 4.98 Å². The van der Waals surface area contributed by atoms with Crippen LogP contribution in [-0.2, 0) is 0 Å². The largest absolute Gasteiger partial charge is 0.397 e. The summed E-state index contributed by atoms with van der Waals surface area (Å²) in [5.74, 6) is 0.672. The van der Waals surface area contributed by atoms with E-state index in [-0.39, 0.29) is 0 Å². The summed E-state index contributed by atoms with van der Waals surface area (Å²) in [7, 11) is 0. The topological polar surface area (TPSA) is 38.9 Å². The van der Waals surface area contributed by atoms with Gasteiger partial charge in [-0.05, 0) is 46.3 Å². The summed E-state index contributed by atoms with van der Waals surface area (Å²) in [6.45, 7) is 0. The first-order chi connectivity index (χ1) is 6.27. The molecule has 13 heavy (non-hydrogen) atoms. The molecule has 2 N–H and O–H groups in total. The van der Waals surface area contributed by atoms with Crippen LogP contribution in [0.25, 0.3) is 0 Å². The molecule has 0 saturated heterocycles. The zero-order valence-electron chi connectivity index (χ0n) is 7.46. The van der Waals surface area contributed by atoms with E-state index in [1.807, 2.05) is 6.07 Å². The molecule has 0 aromatic carbocycles. The summed E-state index contributed by atoms with van der Waals surface area (Å²) in [5, 5.41) is 0. The van der Waals surface area contributed by atoms with E-state index in [4.69, 9.17) is 5.73 Å². The van der Waals surface area contributed by atoms with Crippen molar-refractivity contribution < 1.29 is 0 Å². The second kappa shape index (κ2) is 3.66. The van der Waals surface area contributed by atoms with Crippen molar-refractivity contribution in [2.24, 2.45) is 0 Å². The summed E-state index contributed by atoms with van der Waals surface area (Å²) in [5.41, 5.74) is 7.77. The number of anilines is 1. The fourth-order valence-electron chi connectivity index (χ4n) is 2.01. The average Bonchev–Trinajstić information content (AvgIpc) is 2.61. The Labute approximate surface area is 86.7 Å². The Balaban J connectivity index is 2.32. The lowest BCUT2D eigenvalue weighted by molar-refractivity contribution is 0.715. The van der Waals surface area contributed by atoms with Gasteiger partial charge in [0.05, 0.1) is 11.9 Å². The fraction of sp³-hybridized carbons (Fsp3) is 0.500. The Kier molecular flexibility index (Phi) is 2.54. The number of pyridine rings is 1. The normalized spacial score (nSPS) is 17.9. The van der Waals surface area contributed by atoms with Crippen LogP contribution in [0.4, 0.5) is 5.69 Å². The van der Waals surface area contributed by atoms with Crippen molar-refractivity contribution in [3.05, 3.63) is 22.4 Å². The van der Waals surface area contributed by atoms with Crippen LogP contribution in [0.5, 0.6) is 0 Å². The second-order valence-electron chi connectivity index (χ2n) is 3.63. The van der Waals surface area contributed by atoms with Gasteiger partial charge in [-0.15, -0.1) is 0 Å². The van der Waals surface area contributed by atoms with Crippen LogP contribution in [0.3, 0.4) is 0 Å². The molecule has 0 aliphatic heterocycles. The molecule has 1 aromatic rings. The van der Waals surface area contributed by atoms with Crippen molar-refractivity contribution in [1.82, 2.24) is 4.98 Å². The highest BCUT2D eigenvalue weighted by Gasteiger charge is 2.19. The maximum atomic E-state index is 5.71. The lowest BCUT2D eigenvalue weighted by atomic mass is 9.99. The van der Waals surface area contributed by atoms with Crippen LogP contribution < -0.4 is 5.73 Å². The SMILES string of the molecule is Nc1cnc(Br)c(C2CCCC2)c1. The molecule has 0 radical (unpaired) electrons. The van der Waals surface area contributed by atoms with Crippen LogP contribution in [-0.4, -0.2) is 4.98 Å². The molecule has 2 rings (SSSR count). The average molecular weight is 241 g/mol. The van der Waals surface area contributed by atoms with Crippen molar-refractivity contribution in [1.29, 1.82) is 0 Å². The first kappa shape index (κ1) is 9.00. The maximum absolute atomic E-state index is 5.71. The number of hydrogen-bond acceptors (Lipinski definition) is 2. The molecule has 1 saturated carbocycles. The van der Waals surface area contributed by atoms with Crippen molar-refractivity contribution in [2.45, 2.75) is 31.6 Å². The predicted molar refractivity (Wildman–Crippen MR) is 57.6 cm³/mol. The molecule has 0 spiro atoms. The molecule has 1 aromatic heterocycles. The number of halogens is 1. The molecule has 1 fully saturated rings. The monoisotopic (exact) mass is 240 g/mol. The van der Waals surface area contributed by atoms with Crippen molar-refractivity contribution in [3.8, 4) is 0 Å². The van der Waals surface area contributed by atoms with Crippen LogP contribution in [0.1, 0.15) is 37.2 Å². The molecule has 3 heteroatoms. The molecule has 2 nitrogen and oxygen atoms in total. The van der Waals surface area contributed by atoms with Crippen LogP contribution in [0.15, 0.2) is 16.9 Å². The van der Waals surface area contributed by atoms with Crippen LogP contribution >= 0.6 is 15.9 Å². The van der Waals surface area contributed by atoms with Crippen LogP contribution in [0, 0.1) is 0 Å². The minimum Gasteiger partial charge on any atom is -0.397 e. The van der Waals surface area contributed by atoms with Crippen molar-refractivity contribution >= 4 is 21.6 Å². The quantitative estimate of drug-likeness (QED) is 0.767. The van der Waals surface area contributed by atoms with Gasteiger partial charge >= 0.3 is 0 Å². The van der Waals surface area contributed by atoms with E-state index < -0.39 is 0 Å². The van der Waals surface area contributed by atoms with Gasteiger partial charge in [-0.3, -0.25) is 0 Å². The number of nitrogens with zero attached hydrogens (tertiary/aromatic N) is 1. The minimum absolute atomic E-state index is 0.672. The predicted octanol–water partition coefficient (Wildman–Crippen LogP) is 3.08. The minimum atomic E-state index is 0.672. The Hall–Kier alpha value is -0.570. The van der Waals surface area contributed by atoms with E-state index in [1.54, 1.807) is 6.20 Å². The molecular formula is C10H13BrN2. The Morgan fingerprint density at radius 3 is 2.77 bits per heavy atom. The van der Waals surface area contributed by atoms with E-state index in [0.717, 1.165) is 10.3 Å². The molecule has 0 atom stereocenters. The van der Waals surface area contributed by atoms with Gasteiger partial charge in [0.25, 0.3) is 0 Å². The number of rotatable bonds is 1. The molecule has 1 heterocycles. The number of hydrogen-bond donors (Lipinski definition) is 1. The second-order valence-corrected chi connectivity index (χ2v) is 4.38. The molecule has 0 unspecified atom stereocenters. The molecule has 0 amide bonds. The molecular weight excluding hydrogens is 228 g/mol. The summed E-state index contributed by atoms with van der Waals surface area (Å²) >= 11 is 3.47. The number of nitrogen functional groups attached to an aromatic ring is 1. The van der Waals surface area contributed by atoms with Gasteiger partial charge in [0.2, 0.25) is 0 Å². The van der Waals surface area contributed by atoms with Gasteiger partial charge in [0.15, 0.2) is 0 Å². The van der Waals surface area contributed by atoms with Gasteiger partial charge < -0.3 is 5.73 Å². The van der Waals surface area contributed by atoms with Crippen molar-refractivity contribution in [3.63, 3.8) is 0 Å². The third-order valence-electron chi connectivity index (χ3n) is 2.68. The van der Waals surface area contributed by atoms with E-state index in [1.165, 1.54) is 31.2 Å². The third kappa shape index (κ3) is 1.85. The summed E-state index contributed by atoms with van der Waals surface area (Å²) in [6.07, 6.45) is 6.94. The van der Waals surface area contributed by atoms with E-state index in [2.05, 4.69) is 20.9 Å². The summed E-state index contributed by atoms with van der Waals surface area (Å²) in [6, 6.07) is 2.05. The molecule has 0 bridgehead atoms. The first-order valence-electron chi connectivity index (χ1n) is 4.68. The van der Waals surface area contributed by atoms with Gasteiger partial charge in [0, 0.05) is 0 Å². The highest BCUT2D eigenvalue weighted by atomic mass is 79.9. The molecule has 1 aliphatic carbocycles. The third-order valence-corrected chi connectivity index (χ3v) is 3.34. The van der Waals surface area contributed by atoms with E-state index in [9.17, 15) is 0 Å². The van der Waals surface area contributed by atoms with Gasteiger partial charge in [-0.2, -0.15) is 0 Å². The van der Waals surface area contributed by atoms with Gasteiger partial charge in [0.1, 0.15) is 4.60 Å². The lowest BCUT2D eigenvalue weighted by Gasteiger charge is -2.11. The summed E-state index contributed by atoms with van der Waals surface area (Å²) < 4.78 is 0.966. The number of nitrogens with two attached hydrogens (primary N) is 1. The van der Waals surface area contributed by atoms with E-state index in [0.29, 0.717) is 5.92 Å². The molecule has 1 aliphatic rings. The lowest BCUT2D eigenvalue weighted by Crippen LogP contribution is -1.98. The van der Waals surface area contributed by atoms with Gasteiger partial charge in [-0.1, -0.05) is 12.8 Å². The highest BCUT2D eigenvalue weighted by Crippen LogP contribution is 2.37. The Morgan fingerprint density at radius 1 is 1.38 bits per heavy atom.